The molecule has 5 heteroatoms. The lowest BCUT2D eigenvalue weighted by molar-refractivity contribution is 0.118. The van der Waals surface area contributed by atoms with Gasteiger partial charge in [-0.25, -0.2) is 9.97 Å². The Bertz CT molecular complexity index is 463. The fourth-order valence-corrected chi connectivity index (χ4v) is 2.86. The third kappa shape index (κ3) is 2.87. The monoisotopic (exact) mass is 278 g/mol. The molecule has 5 nitrogen and oxygen atoms in total. The highest BCUT2D eigenvalue weighted by Crippen LogP contribution is 2.28. The number of rotatable bonds is 5. The summed E-state index contributed by atoms with van der Waals surface area (Å²) in [5.74, 6) is 2.86. The number of nitrogens with zero attached hydrogens (tertiary/aromatic N) is 3. The Morgan fingerprint density at radius 3 is 2.70 bits per heavy atom. The molecule has 0 radical (unpaired) electrons. The molecule has 1 aromatic rings. The molecule has 0 saturated carbocycles. The van der Waals surface area contributed by atoms with Gasteiger partial charge >= 0.3 is 0 Å². The second kappa shape index (κ2) is 6.39. The fourth-order valence-electron chi connectivity index (χ4n) is 2.86. The first-order chi connectivity index (χ1) is 9.58. The molecule has 0 aliphatic carbocycles. The zero-order valence-corrected chi connectivity index (χ0v) is 13.2. The summed E-state index contributed by atoms with van der Waals surface area (Å²) in [5, 5.41) is 3.18. The van der Waals surface area contributed by atoms with Gasteiger partial charge in [-0.2, -0.15) is 0 Å². The van der Waals surface area contributed by atoms with E-state index in [0.717, 1.165) is 48.9 Å². The molecule has 1 N–H and O–H groups in total. The van der Waals surface area contributed by atoms with Gasteiger partial charge < -0.3 is 15.0 Å². The number of hydrogen-bond acceptors (Lipinski definition) is 5. The van der Waals surface area contributed by atoms with Crippen molar-refractivity contribution in [1.29, 1.82) is 0 Å². The van der Waals surface area contributed by atoms with Gasteiger partial charge in [-0.1, -0.05) is 6.92 Å². The second-order valence-corrected chi connectivity index (χ2v) is 5.48. The summed E-state index contributed by atoms with van der Waals surface area (Å²) in [7, 11) is 4.02. The van der Waals surface area contributed by atoms with Crippen molar-refractivity contribution in [1.82, 2.24) is 9.97 Å². The molecule has 0 bridgehead atoms. The highest BCUT2D eigenvalue weighted by molar-refractivity contribution is 5.58. The number of likely N-dealkylation sites (N-methyl/N-ethyl adjacent to an activating group) is 1. The van der Waals surface area contributed by atoms with E-state index in [2.05, 4.69) is 43.0 Å². The number of nitrogens with one attached hydrogen (secondary N) is 1. The maximum absolute atomic E-state index is 5.68. The molecule has 1 saturated heterocycles. The van der Waals surface area contributed by atoms with Gasteiger partial charge in [0.1, 0.15) is 17.5 Å². The van der Waals surface area contributed by atoms with Crippen LogP contribution in [0.4, 0.5) is 11.6 Å². The average molecular weight is 278 g/mol. The highest BCUT2D eigenvalue weighted by atomic mass is 16.5. The van der Waals surface area contributed by atoms with Crippen molar-refractivity contribution >= 4 is 11.6 Å². The first kappa shape index (κ1) is 15.0. The Morgan fingerprint density at radius 2 is 2.15 bits per heavy atom. The Balaban J connectivity index is 2.35. The topological polar surface area (TPSA) is 50.3 Å². The van der Waals surface area contributed by atoms with Gasteiger partial charge in [0, 0.05) is 32.7 Å². The van der Waals surface area contributed by atoms with Crippen LogP contribution in [0.5, 0.6) is 0 Å². The van der Waals surface area contributed by atoms with E-state index in [-0.39, 0.29) is 6.10 Å². The van der Waals surface area contributed by atoms with E-state index in [4.69, 9.17) is 9.72 Å². The zero-order chi connectivity index (χ0) is 14.7. The number of aromatic nitrogens is 2. The summed E-state index contributed by atoms with van der Waals surface area (Å²) in [6.07, 6.45) is 3.27. The van der Waals surface area contributed by atoms with Crippen molar-refractivity contribution < 1.29 is 4.74 Å². The van der Waals surface area contributed by atoms with Crippen LogP contribution in [0.15, 0.2) is 0 Å². The SMILES string of the molecule is CCCc1nc(NC)c(C)c(N(C)C2CCOC2C)n1. The first-order valence-electron chi connectivity index (χ1n) is 7.48. The minimum Gasteiger partial charge on any atom is -0.376 e. The van der Waals surface area contributed by atoms with E-state index >= 15 is 0 Å². The van der Waals surface area contributed by atoms with E-state index in [1.165, 1.54) is 0 Å². The van der Waals surface area contributed by atoms with E-state index in [1.54, 1.807) is 0 Å². The van der Waals surface area contributed by atoms with Crippen LogP contribution in [-0.2, 0) is 11.2 Å². The molecule has 1 aliphatic heterocycles. The molecule has 0 amide bonds. The van der Waals surface area contributed by atoms with Crippen LogP contribution in [0, 0.1) is 6.92 Å². The average Bonchev–Trinajstić information content (AvgIpc) is 2.86. The lowest BCUT2D eigenvalue weighted by atomic mass is 10.1. The fraction of sp³-hybridized carbons (Fsp3) is 0.733. The van der Waals surface area contributed by atoms with Gasteiger partial charge in [-0.15, -0.1) is 0 Å². The largest absolute Gasteiger partial charge is 0.376 e. The number of ether oxygens (including phenoxy) is 1. The van der Waals surface area contributed by atoms with Crippen molar-refractivity contribution in [3.05, 3.63) is 11.4 Å². The molecule has 2 atom stereocenters. The molecule has 1 aromatic heterocycles. The molecule has 0 aromatic carbocycles. The summed E-state index contributed by atoms with van der Waals surface area (Å²) < 4.78 is 5.68. The third-order valence-electron chi connectivity index (χ3n) is 4.04. The molecular formula is C15H26N4O. The normalized spacial score (nSPS) is 22.1. The summed E-state index contributed by atoms with van der Waals surface area (Å²) in [6, 6.07) is 0.391. The predicted molar refractivity (Wildman–Crippen MR) is 82.5 cm³/mol. The van der Waals surface area contributed by atoms with Crippen LogP contribution in [0.1, 0.15) is 38.1 Å². The van der Waals surface area contributed by atoms with Gasteiger partial charge in [-0.3, -0.25) is 0 Å². The Kier molecular flexibility index (Phi) is 4.81. The molecule has 1 fully saturated rings. The molecule has 0 spiro atoms. The van der Waals surface area contributed by atoms with Gasteiger partial charge in [-0.05, 0) is 26.7 Å². The van der Waals surface area contributed by atoms with Crippen molar-refractivity contribution in [3.8, 4) is 0 Å². The first-order valence-corrected chi connectivity index (χ1v) is 7.48. The standard InChI is InChI=1S/C15H26N4O/c1-6-7-13-17-14(16-4)10(2)15(18-13)19(5)12-8-9-20-11(12)3/h11-12H,6-9H2,1-5H3,(H,16,17,18). The molecule has 1 aliphatic rings. The quantitative estimate of drug-likeness (QED) is 0.896. The van der Waals surface area contributed by atoms with Crippen molar-refractivity contribution in [2.24, 2.45) is 0 Å². The molecular weight excluding hydrogens is 252 g/mol. The lowest BCUT2D eigenvalue weighted by Gasteiger charge is -2.29. The maximum Gasteiger partial charge on any atom is 0.137 e. The van der Waals surface area contributed by atoms with E-state index in [0.29, 0.717) is 6.04 Å². The van der Waals surface area contributed by atoms with Crippen molar-refractivity contribution in [2.45, 2.75) is 52.2 Å². The van der Waals surface area contributed by atoms with E-state index in [9.17, 15) is 0 Å². The third-order valence-corrected chi connectivity index (χ3v) is 4.04. The Hall–Kier alpha value is -1.36. The van der Waals surface area contributed by atoms with Gasteiger partial charge in [0.15, 0.2) is 0 Å². The van der Waals surface area contributed by atoms with Crippen LogP contribution in [0.2, 0.25) is 0 Å². The highest BCUT2D eigenvalue weighted by Gasteiger charge is 2.30. The van der Waals surface area contributed by atoms with Crippen LogP contribution in [0.25, 0.3) is 0 Å². The van der Waals surface area contributed by atoms with Crippen LogP contribution < -0.4 is 10.2 Å². The molecule has 2 heterocycles. The number of aryl methyl sites for hydroxylation is 1. The molecule has 20 heavy (non-hydrogen) atoms. The second-order valence-electron chi connectivity index (χ2n) is 5.48. The predicted octanol–water partition coefficient (Wildman–Crippen LogP) is 2.39. The number of hydrogen-bond donors (Lipinski definition) is 1. The Morgan fingerprint density at radius 1 is 1.40 bits per heavy atom. The molecule has 2 unspecified atom stereocenters. The minimum atomic E-state index is 0.252. The van der Waals surface area contributed by atoms with E-state index < -0.39 is 0 Å². The van der Waals surface area contributed by atoms with Gasteiger partial charge in [0.2, 0.25) is 0 Å². The minimum absolute atomic E-state index is 0.252. The summed E-state index contributed by atoms with van der Waals surface area (Å²) in [6.45, 7) is 7.20. The number of anilines is 2. The summed E-state index contributed by atoms with van der Waals surface area (Å²) >= 11 is 0. The van der Waals surface area contributed by atoms with Gasteiger partial charge in [0.25, 0.3) is 0 Å². The molecule has 2 rings (SSSR count). The van der Waals surface area contributed by atoms with Crippen molar-refractivity contribution in [3.63, 3.8) is 0 Å². The zero-order valence-electron chi connectivity index (χ0n) is 13.2. The van der Waals surface area contributed by atoms with Gasteiger partial charge in [0.05, 0.1) is 12.1 Å². The van der Waals surface area contributed by atoms with E-state index in [1.807, 2.05) is 7.05 Å². The Labute approximate surface area is 121 Å². The summed E-state index contributed by atoms with van der Waals surface area (Å²) in [4.78, 5) is 11.6. The molecule has 112 valence electrons. The van der Waals surface area contributed by atoms with Crippen LogP contribution in [0.3, 0.4) is 0 Å². The summed E-state index contributed by atoms with van der Waals surface area (Å²) in [5.41, 5.74) is 1.11. The maximum atomic E-state index is 5.68. The lowest BCUT2D eigenvalue weighted by Crippen LogP contribution is -2.38. The van der Waals surface area contributed by atoms with Crippen LogP contribution >= 0.6 is 0 Å². The van der Waals surface area contributed by atoms with Crippen molar-refractivity contribution in [2.75, 3.05) is 30.9 Å². The smallest absolute Gasteiger partial charge is 0.137 e. The van der Waals surface area contributed by atoms with Crippen LogP contribution in [-0.4, -0.2) is 42.8 Å².